The SMILES string of the molecule is Cc1cc(C)n([C@H](CNC(=O)Nc2cccs2)c2ccsc2)n1. The third kappa shape index (κ3) is 3.80. The number of thiophene rings is 2. The van der Waals surface area contributed by atoms with Gasteiger partial charge < -0.3 is 5.32 Å². The van der Waals surface area contributed by atoms with E-state index in [2.05, 4.69) is 27.2 Å². The van der Waals surface area contributed by atoms with Crippen molar-refractivity contribution in [3.05, 3.63) is 57.4 Å². The van der Waals surface area contributed by atoms with Gasteiger partial charge in [0.1, 0.15) is 0 Å². The highest BCUT2D eigenvalue weighted by Gasteiger charge is 2.18. The minimum absolute atomic E-state index is 0.0102. The van der Waals surface area contributed by atoms with Gasteiger partial charge in [-0.2, -0.15) is 16.4 Å². The molecule has 23 heavy (non-hydrogen) atoms. The molecule has 0 fully saturated rings. The maximum atomic E-state index is 12.1. The first kappa shape index (κ1) is 15.8. The Balaban J connectivity index is 1.72. The average Bonchev–Trinajstić information content (AvgIpc) is 3.23. The Labute approximate surface area is 143 Å². The number of carbonyl (C=O) groups is 1. The number of carbonyl (C=O) groups excluding carboxylic acids is 1. The largest absolute Gasteiger partial charge is 0.335 e. The summed E-state index contributed by atoms with van der Waals surface area (Å²) in [6.45, 7) is 4.49. The lowest BCUT2D eigenvalue weighted by Crippen LogP contribution is -2.34. The summed E-state index contributed by atoms with van der Waals surface area (Å²) >= 11 is 3.14. The molecular weight excluding hydrogens is 328 g/mol. The summed E-state index contributed by atoms with van der Waals surface area (Å²) in [6, 6.07) is 7.69. The second-order valence-electron chi connectivity index (χ2n) is 5.26. The Hall–Kier alpha value is -2.12. The van der Waals surface area contributed by atoms with Crippen LogP contribution in [0.3, 0.4) is 0 Å². The van der Waals surface area contributed by atoms with Crippen molar-refractivity contribution in [3.63, 3.8) is 0 Å². The van der Waals surface area contributed by atoms with Crippen molar-refractivity contribution in [1.29, 1.82) is 0 Å². The van der Waals surface area contributed by atoms with Crippen LogP contribution in [0.1, 0.15) is 23.0 Å². The fraction of sp³-hybridized carbons (Fsp3) is 0.250. The van der Waals surface area contributed by atoms with Gasteiger partial charge in [0.25, 0.3) is 0 Å². The van der Waals surface area contributed by atoms with E-state index in [4.69, 9.17) is 0 Å². The quantitative estimate of drug-likeness (QED) is 0.733. The van der Waals surface area contributed by atoms with Crippen LogP contribution in [0.5, 0.6) is 0 Å². The fourth-order valence-corrected chi connectivity index (χ4v) is 3.79. The molecule has 0 saturated heterocycles. The molecule has 0 radical (unpaired) electrons. The topological polar surface area (TPSA) is 59.0 Å². The zero-order valence-corrected chi connectivity index (χ0v) is 14.6. The van der Waals surface area contributed by atoms with Gasteiger partial charge in [0, 0.05) is 12.2 Å². The number of urea groups is 1. The standard InChI is InChI=1S/C16H18N4OS2/c1-11-8-12(2)20(19-11)14(13-5-7-22-10-13)9-17-16(21)18-15-4-3-6-23-15/h3-8,10,14H,9H2,1-2H3,(H2,17,18,21)/t14-/m1/s1. The first-order valence-corrected chi connectivity index (χ1v) is 9.09. The molecule has 0 aliphatic carbocycles. The number of aromatic nitrogens is 2. The van der Waals surface area contributed by atoms with Crippen LogP contribution in [0.4, 0.5) is 9.80 Å². The van der Waals surface area contributed by atoms with Gasteiger partial charge in [0.2, 0.25) is 0 Å². The highest BCUT2D eigenvalue weighted by atomic mass is 32.1. The summed E-state index contributed by atoms with van der Waals surface area (Å²) in [5.41, 5.74) is 3.21. The maximum absolute atomic E-state index is 12.1. The van der Waals surface area contributed by atoms with Gasteiger partial charge in [0.15, 0.2) is 0 Å². The molecule has 0 aliphatic rings. The van der Waals surface area contributed by atoms with E-state index in [0.29, 0.717) is 6.54 Å². The number of anilines is 1. The van der Waals surface area contributed by atoms with Gasteiger partial charge in [-0.15, -0.1) is 11.3 Å². The average molecular weight is 346 g/mol. The van der Waals surface area contributed by atoms with Crippen molar-refractivity contribution in [2.75, 3.05) is 11.9 Å². The molecule has 3 rings (SSSR count). The van der Waals surface area contributed by atoms with Crippen LogP contribution in [0, 0.1) is 13.8 Å². The molecule has 5 nitrogen and oxygen atoms in total. The van der Waals surface area contributed by atoms with Gasteiger partial charge in [-0.1, -0.05) is 0 Å². The van der Waals surface area contributed by atoms with Gasteiger partial charge in [-0.25, -0.2) is 4.79 Å². The molecule has 3 heterocycles. The van der Waals surface area contributed by atoms with Crippen LogP contribution < -0.4 is 10.6 Å². The van der Waals surface area contributed by atoms with Crippen molar-refractivity contribution in [2.45, 2.75) is 19.9 Å². The highest BCUT2D eigenvalue weighted by Crippen LogP contribution is 2.22. The molecular formula is C16H18N4OS2. The molecule has 7 heteroatoms. The minimum atomic E-state index is -0.200. The first-order chi connectivity index (χ1) is 11.1. The molecule has 0 aromatic carbocycles. The van der Waals surface area contributed by atoms with Gasteiger partial charge in [0.05, 0.1) is 16.7 Å². The second-order valence-corrected chi connectivity index (χ2v) is 6.98. The first-order valence-electron chi connectivity index (χ1n) is 7.26. The molecule has 2 amide bonds. The summed E-state index contributed by atoms with van der Waals surface area (Å²) in [5, 5.41) is 17.3. The van der Waals surface area contributed by atoms with E-state index in [-0.39, 0.29) is 12.1 Å². The van der Waals surface area contributed by atoms with Crippen LogP contribution in [-0.2, 0) is 0 Å². The maximum Gasteiger partial charge on any atom is 0.319 e. The monoisotopic (exact) mass is 346 g/mol. The number of hydrogen-bond donors (Lipinski definition) is 2. The lowest BCUT2D eigenvalue weighted by molar-refractivity contribution is 0.250. The number of rotatable bonds is 5. The van der Waals surface area contributed by atoms with Crippen LogP contribution in [0.15, 0.2) is 40.4 Å². The Bertz CT molecular complexity index is 762. The van der Waals surface area contributed by atoms with Crippen molar-refractivity contribution in [2.24, 2.45) is 0 Å². The van der Waals surface area contributed by atoms with Gasteiger partial charge in [-0.05, 0) is 59.8 Å². The Kier molecular flexibility index (Phi) is 4.78. The Morgan fingerprint density at radius 3 is 2.83 bits per heavy atom. The van der Waals surface area contributed by atoms with Crippen molar-refractivity contribution in [3.8, 4) is 0 Å². The minimum Gasteiger partial charge on any atom is -0.335 e. The summed E-state index contributed by atoms with van der Waals surface area (Å²) < 4.78 is 1.98. The van der Waals surface area contributed by atoms with Crippen LogP contribution >= 0.6 is 22.7 Å². The van der Waals surface area contributed by atoms with E-state index >= 15 is 0 Å². The molecule has 120 valence electrons. The highest BCUT2D eigenvalue weighted by molar-refractivity contribution is 7.14. The number of hydrogen-bond acceptors (Lipinski definition) is 4. The summed E-state index contributed by atoms with van der Waals surface area (Å²) in [7, 11) is 0. The van der Waals surface area contributed by atoms with Crippen LogP contribution in [0.25, 0.3) is 0 Å². The third-order valence-corrected chi connectivity index (χ3v) is 4.97. The summed E-state index contributed by atoms with van der Waals surface area (Å²) in [6.07, 6.45) is 0. The normalized spacial score (nSPS) is 12.1. The zero-order valence-electron chi connectivity index (χ0n) is 12.9. The molecule has 0 aliphatic heterocycles. The smallest absolute Gasteiger partial charge is 0.319 e. The lowest BCUT2D eigenvalue weighted by atomic mass is 10.1. The van der Waals surface area contributed by atoms with Crippen molar-refractivity contribution in [1.82, 2.24) is 15.1 Å². The Morgan fingerprint density at radius 2 is 2.22 bits per heavy atom. The predicted molar refractivity (Wildman–Crippen MR) is 95.5 cm³/mol. The summed E-state index contributed by atoms with van der Waals surface area (Å²) in [4.78, 5) is 12.1. The molecule has 0 saturated carbocycles. The number of nitrogens with one attached hydrogen (secondary N) is 2. The number of amides is 2. The fourth-order valence-electron chi connectivity index (χ4n) is 2.47. The zero-order chi connectivity index (χ0) is 16.2. The van der Waals surface area contributed by atoms with E-state index in [1.165, 1.54) is 11.3 Å². The van der Waals surface area contributed by atoms with E-state index in [1.54, 1.807) is 11.3 Å². The van der Waals surface area contributed by atoms with E-state index in [0.717, 1.165) is 22.0 Å². The van der Waals surface area contributed by atoms with Crippen molar-refractivity contribution >= 4 is 33.7 Å². The molecule has 3 aromatic heterocycles. The Morgan fingerprint density at radius 1 is 1.35 bits per heavy atom. The summed E-state index contributed by atoms with van der Waals surface area (Å²) in [5.74, 6) is 0. The number of aryl methyl sites for hydroxylation is 2. The lowest BCUT2D eigenvalue weighted by Gasteiger charge is -2.19. The van der Waals surface area contributed by atoms with Crippen molar-refractivity contribution < 1.29 is 4.79 Å². The van der Waals surface area contributed by atoms with E-state index < -0.39 is 0 Å². The molecule has 0 unspecified atom stereocenters. The van der Waals surface area contributed by atoms with Crippen LogP contribution in [0.2, 0.25) is 0 Å². The second kappa shape index (κ2) is 6.97. The molecule has 3 aromatic rings. The predicted octanol–water partition coefficient (Wildman–Crippen LogP) is 4.03. The van der Waals surface area contributed by atoms with Gasteiger partial charge in [-0.3, -0.25) is 10.00 Å². The van der Waals surface area contributed by atoms with E-state index in [1.807, 2.05) is 47.5 Å². The third-order valence-electron chi connectivity index (χ3n) is 3.48. The van der Waals surface area contributed by atoms with E-state index in [9.17, 15) is 4.79 Å². The molecule has 2 N–H and O–H groups in total. The molecule has 1 atom stereocenters. The molecule has 0 bridgehead atoms. The molecule has 0 spiro atoms. The number of nitrogens with zero attached hydrogens (tertiary/aromatic N) is 2. The van der Waals surface area contributed by atoms with Crippen LogP contribution in [-0.4, -0.2) is 22.4 Å². The van der Waals surface area contributed by atoms with Gasteiger partial charge >= 0.3 is 6.03 Å².